The Morgan fingerprint density at radius 2 is 2.05 bits per heavy atom. The van der Waals surface area contributed by atoms with Crippen molar-refractivity contribution in [2.75, 3.05) is 12.4 Å². The first-order valence-corrected chi connectivity index (χ1v) is 6.66. The Hall–Kier alpha value is -2.54. The first-order valence-electron chi connectivity index (χ1n) is 6.66. The highest BCUT2D eigenvalue weighted by atomic mass is 19.1. The fraction of sp³-hybridized carbons (Fsp3) is 0.235. The molecule has 0 aromatic heterocycles. The van der Waals surface area contributed by atoms with Gasteiger partial charge in [-0.25, -0.2) is 4.39 Å². The lowest BCUT2D eigenvalue weighted by atomic mass is 10.0. The SMILES string of the molecule is COc1cc(C)ccc1C(C)Nc1cccc(F)c1C#N. The van der Waals surface area contributed by atoms with Crippen molar-refractivity contribution in [3.63, 3.8) is 0 Å². The van der Waals surface area contributed by atoms with Crippen LogP contribution in [0.1, 0.15) is 29.7 Å². The summed E-state index contributed by atoms with van der Waals surface area (Å²) in [6.45, 7) is 3.93. The fourth-order valence-corrected chi connectivity index (χ4v) is 2.25. The predicted molar refractivity (Wildman–Crippen MR) is 80.9 cm³/mol. The quantitative estimate of drug-likeness (QED) is 0.915. The molecule has 2 aromatic carbocycles. The summed E-state index contributed by atoms with van der Waals surface area (Å²) < 4.78 is 19.0. The second kappa shape index (κ2) is 6.27. The van der Waals surface area contributed by atoms with Crippen molar-refractivity contribution in [3.8, 4) is 11.8 Å². The summed E-state index contributed by atoms with van der Waals surface area (Å²) in [6.07, 6.45) is 0. The Morgan fingerprint density at radius 3 is 2.71 bits per heavy atom. The second-order valence-corrected chi connectivity index (χ2v) is 4.89. The molecule has 0 aliphatic carbocycles. The van der Waals surface area contributed by atoms with Crippen LogP contribution in [0.15, 0.2) is 36.4 Å². The van der Waals surface area contributed by atoms with Gasteiger partial charge in [-0.05, 0) is 37.6 Å². The van der Waals surface area contributed by atoms with Crippen LogP contribution in [0.25, 0.3) is 0 Å². The molecule has 0 aliphatic heterocycles. The monoisotopic (exact) mass is 284 g/mol. The predicted octanol–water partition coefficient (Wildman–Crippen LogP) is 4.19. The Bertz CT molecular complexity index is 692. The Labute approximate surface area is 124 Å². The number of nitrogens with zero attached hydrogens (tertiary/aromatic N) is 1. The zero-order valence-electron chi connectivity index (χ0n) is 12.3. The molecule has 0 heterocycles. The number of rotatable bonds is 4. The van der Waals surface area contributed by atoms with E-state index in [-0.39, 0.29) is 11.6 Å². The molecule has 3 nitrogen and oxygen atoms in total. The lowest BCUT2D eigenvalue weighted by molar-refractivity contribution is 0.407. The topological polar surface area (TPSA) is 45.0 Å². The molecule has 2 rings (SSSR count). The van der Waals surface area contributed by atoms with Gasteiger partial charge in [0.1, 0.15) is 23.2 Å². The molecule has 0 radical (unpaired) electrons. The van der Waals surface area contributed by atoms with Gasteiger partial charge in [0.05, 0.1) is 18.8 Å². The standard InChI is InChI=1S/C17H17FN2O/c1-11-7-8-13(17(9-11)21-3)12(2)20-16-6-4-5-15(18)14(16)10-19/h4-9,12,20H,1-3H3. The van der Waals surface area contributed by atoms with Crippen molar-refractivity contribution in [3.05, 3.63) is 58.9 Å². The summed E-state index contributed by atoms with van der Waals surface area (Å²) in [6, 6.07) is 12.2. The summed E-state index contributed by atoms with van der Waals surface area (Å²) >= 11 is 0. The number of nitriles is 1. The van der Waals surface area contributed by atoms with Crippen LogP contribution in [0, 0.1) is 24.1 Å². The van der Waals surface area contributed by atoms with Gasteiger partial charge >= 0.3 is 0 Å². The summed E-state index contributed by atoms with van der Waals surface area (Å²) in [4.78, 5) is 0. The number of nitrogens with one attached hydrogen (secondary N) is 1. The third kappa shape index (κ3) is 3.14. The molecule has 2 aromatic rings. The highest BCUT2D eigenvalue weighted by Crippen LogP contribution is 2.30. The fourth-order valence-electron chi connectivity index (χ4n) is 2.25. The van der Waals surface area contributed by atoms with E-state index in [9.17, 15) is 4.39 Å². The van der Waals surface area contributed by atoms with E-state index >= 15 is 0 Å². The summed E-state index contributed by atoms with van der Waals surface area (Å²) in [5.41, 5.74) is 2.56. The Morgan fingerprint density at radius 1 is 1.29 bits per heavy atom. The van der Waals surface area contributed by atoms with Gasteiger partial charge in [-0.15, -0.1) is 0 Å². The zero-order valence-corrected chi connectivity index (χ0v) is 12.3. The van der Waals surface area contributed by atoms with E-state index in [0.717, 1.165) is 16.9 Å². The molecule has 4 heteroatoms. The van der Waals surface area contributed by atoms with E-state index in [2.05, 4.69) is 5.32 Å². The van der Waals surface area contributed by atoms with Crippen LogP contribution in [0.5, 0.6) is 5.75 Å². The molecular formula is C17H17FN2O. The van der Waals surface area contributed by atoms with Crippen LogP contribution in [0.4, 0.5) is 10.1 Å². The molecule has 0 saturated carbocycles. The molecule has 0 bridgehead atoms. The van der Waals surface area contributed by atoms with Crippen LogP contribution in [0.3, 0.4) is 0 Å². The zero-order chi connectivity index (χ0) is 15.4. The molecule has 0 amide bonds. The third-order valence-corrected chi connectivity index (χ3v) is 3.35. The molecule has 21 heavy (non-hydrogen) atoms. The van der Waals surface area contributed by atoms with Crippen LogP contribution in [0.2, 0.25) is 0 Å². The van der Waals surface area contributed by atoms with Crippen molar-refractivity contribution >= 4 is 5.69 Å². The number of anilines is 1. The third-order valence-electron chi connectivity index (χ3n) is 3.35. The normalized spacial score (nSPS) is 11.6. The van der Waals surface area contributed by atoms with Gasteiger partial charge in [0.15, 0.2) is 0 Å². The first-order chi connectivity index (χ1) is 10.1. The van der Waals surface area contributed by atoms with Crippen LogP contribution in [-0.2, 0) is 0 Å². The van der Waals surface area contributed by atoms with Crippen molar-refractivity contribution in [2.24, 2.45) is 0 Å². The van der Waals surface area contributed by atoms with Gasteiger partial charge in [0.25, 0.3) is 0 Å². The maximum Gasteiger partial charge on any atom is 0.143 e. The van der Waals surface area contributed by atoms with Crippen LogP contribution in [-0.4, -0.2) is 7.11 Å². The maximum absolute atomic E-state index is 13.6. The first kappa shape index (κ1) is 14.9. The number of ether oxygens (including phenoxy) is 1. The van der Waals surface area contributed by atoms with Gasteiger partial charge in [-0.2, -0.15) is 5.26 Å². The van der Waals surface area contributed by atoms with E-state index in [0.29, 0.717) is 5.69 Å². The Balaban J connectivity index is 2.33. The number of hydrogen-bond donors (Lipinski definition) is 1. The maximum atomic E-state index is 13.6. The van der Waals surface area contributed by atoms with E-state index < -0.39 is 5.82 Å². The average molecular weight is 284 g/mol. The molecule has 1 unspecified atom stereocenters. The average Bonchev–Trinajstić information content (AvgIpc) is 2.47. The summed E-state index contributed by atoms with van der Waals surface area (Å²) in [5.74, 6) is 0.246. The summed E-state index contributed by atoms with van der Waals surface area (Å²) in [5, 5.41) is 12.2. The minimum absolute atomic E-state index is 0.0235. The molecule has 0 aliphatic rings. The minimum Gasteiger partial charge on any atom is -0.496 e. The minimum atomic E-state index is -0.523. The van der Waals surface area contributed by atoms with Crippen LogP contribution < -0.4 is 10.1 Å². The number of halogens is 1. The molecule has 1 atom stereocenters. The summed E-state index contributed by atoms with van der Waals surface area (Å²) in [7, 11) is 1.62. The van der Waals surface area contributed by atoms with E-state index in [1.54, 1.807) is 19.2 Å². The van der Waals surface area contributed by atoms with Crippen molar-refractivity contribution < 1.29 is 9.13 Å². The van der Waals surface area contributed by atoms with Gasteiger partial charge in [-0.1, -0.05) is 18.2 Å². The molecule has 0 spiro atoms. The second-order valence-electron chi connectivity index (χ2n) is 4.89. The van der Waals surface area contributed by atoms with E-state index in [1.165, 1.54) is 6.07 Å². The smallest absolute Gasteiger partial charge is 0.143 e. The molecular weight excluding hydrogens is 267 g/mol. The molecule has 1 N–H and O–H groups in total. The lowest BCUT2D eigenvalue weighted by Gasteiger charge is -2.19. The number of aryl methyl sites for hydroxylation is 1. The van der Waals surface area contributed by atoms with Gasteiger partial charge in [-0.3, -0.25) is 0 Å². The molecule has 108 valence electrons. The highest BCUT2D eigenvalue weighted by molar-refractivity contribution is 5.59. The molecule has 0 fully saturated rings. The van der Waals surface area contributed by atoms with E-state index in [4.69, 9.17) is 10.00 Å². The Kier molecular flexibility index (Phi) is 4.44. The molecule has 0 saturated heterocycles. The van der Waals surface area contributed by atoms with Gasteiger partial charge in [0.2, 0.25) is 0 Å². The van der Waals surface area contributed by atoms with E-state index in [1.807, 2.05) is 38.1 Å². The van der Waals surface area contributed by atoms with Crippen molar-refractivity contribution in [2.45, 2.75) is 19.9 Å². The number of hydrogen-bond acceptors (Lipinski definition) is 3. The highest BCUT2D eigenvalue weighted by Gasteiger charge is 2.14. The number of methoxy groups -OCH3 is 1. The number of benzene rings is 2. The van der Waals surface area contributed by atoms with Gasteiger partial charge in [0, 0.05) is 5.56 Å². The largest absolute Gasteiger partial charge is 0.496 e. The van der Waals surface area contributed by atoms with Crippen LogP contribution >= 0.6 is 0 Å². The van der Waals surface area contributed by atoms with Crippen molar-refractivity contribution in [1.82, 2.24) is 0 Å². The van der Waals surface area contributed by atoms with Crippen molar-refractivity contribution in [1.29, 1.82) is 5.26 Å². The lowest BCUT2D eigenvalue weighted by Crippen LogP contribution is -2.10. The van der Waals surface area contributed by atoms with Gasteiger partial charge < -0.3 is 10.1 Å².